The molecule has 6 nitrogen and oxygen atoms in total. The molecule has 7 heteroatoms. The number of rotatable bonds is 5. The maximum Gasteiger partial charge on any atom is 0.266 e. The SMILES string of the molecule is CC(C)n1nccc1NC(=O)c1cc(-c2ccccc2)c(N2CCOCC2)s1. The molecule has 4 rings (SSSR count). The number of nitrogens with zero attached hydrogens (tertiary/aromatic N) is 3. The first-order chi connectivity index (χ1) is 13.6. The van der Waals surface area contributed by atoms with Gasteiger partial charge in [0.25, 0.3) is 5.91 Å². The average molecular weight is 397 g/mol. The summed E-state index contributed by atoms with van der Waals surface area (Å²) in [5.74, 6) is 0.603. The van der Waals surface area contributed by atoms with E-state index in [1.807, 2.05) is 48.9 Å². The molecule has 3 aromatic rings. The van der Waals surface area contributed by atoms with Crippen LogP contribution in [-0.4, -0.2) is 42.0 Å². The van der Waals surface area contributed by atoms with Gasteiger partial charge in [-0.3, -0.25) is 4.79 Å². The summed E-state index contributed by atoms with van der Waals surface area (Å²) in [7, 11) is 0. The maximum atomic E-state index is 13.0. The Bertz CT molecular complexity index is 942. The van der Waals surface area contributed by atoms with Crippen LogP contribution in [-0.2, 0) is 4.74 Å². The van der Waals surface area contributed by atoms with Gasteiger partial charge in [-0.1, -0.05) is 30.3 Å². The minimum absolute atomic E-state index is 0.107. The van der Waals surface area contributed by atoms with Crippen LogP contribution in [0.4, 0.5) is 10.8 Å². The van der Waals surface area contributed by atoms with E-state index in [0.717, 1.165) is 29.2 Å². The van der Waals surface area contributed by atoms with E-state index in [1.165, 1.54) is 11.3 Å². The molecule has 0 bridgehead atoms. The number of hydrogen-bond acceptors (Lipinski definition) is 5. The van der Waals surface area contributed by atoms with Crippen LogP contribution in [0.2, 0.25) is 0 Å². The van der Waals surface area contributed by atoms with Crippen LogP contribution in [0.25, 0.3) is 11.1 Å². The van der Waals surface area contributed by atoms with Crippen LogP contribution in [0.5, 0.6) is 0 Å². The first kappa shape index (κ1) is 18.7. The van der Waals surface area contributed by atoms with Crippen LogP contribution in [0.15, 0.2) is 48.7 Å². The van der Waals surface area contributed by atoms with Crippen molar-refractivity contribution < 1.29 is 9.53 Å². The highest BCUT2D eigenvalue weighted by Crippen LogP contribution is 2.39. The molecule has 0 atom stereocenters. The Morgan fingerprint density at radius 2 is 1.93 bits per heavy atom. The Kier molecular flexibility index (Phi) is 5.45. The maximum absolute atomic E-state index is 13.0. The minimum Gasteiger partial charge on any atom is -0.378 e. The minimum atomic E-state index is -0.107. The Labute approximate surface area is 168 Å². The van der Waals surface area contributed by atoms with E-state index in [9.17, 15) is 4.79 Å². The summed E-state index contributed by atoms with van der Waals surface area (Å²) in [6.07, 6.45) is 1.71. The van der Waals surface area contributed by atoms with Crippen LogP contribution in [0.1, 0.15) is 29.6 Å². The van der Waals surface area contributed by atoms with Crippen LogP contribution >= 0.6 is 11.3 Å². The molecule has 0 unspecified atom stereocenters. The van der Waals surface area contributed by atoms with E-state index >= 15 is 0 Å². The largest absolute Gasteiger partial charge is 0.378 e. The van der Waals surface area contributed by atoms with Crippen molar-refractivity contribution in [1.82, 2.24) is 9.78 Å². The molecule has 1 aromatic carbocycles. The molecular weight excluding hydrogens is 372 g/mol. The molecule has 28 heavy (non-hydrogen) atoms. The van der Waals surface area contributed by atoms with Gasteiger partial charge in [-0.25, -0.2) is 4.68 Å². The van der Waals surface area contributed by atoms with E-state index < -0.39 is 0 Å². The Hall–Kier alpha value is -2.64. The highest BCUT2D eigenvalue weighted by atomic mass is 32.1. The highest BCUT2D eigenvalue weighted by molar-refractivity contribution is 7.18. The zero-order chi connectivity index (χ0) is 19.5. The molecule has 1 fully saturated rings. The molecule has 0 aliphatic carbocycles. The number of ether oxygens (including phenoxy) is 1. The van der Waals surface area contributed by atoms with Gasteiger partial charge >= 0.3 is 0 Å². The second-order valence-electron chi connectivity index (χ2n) is 7.00. The van der Waals surface area contributed by atoms with E-state index in [1.54, 1.807) is 6.20 Å². The van der Waals surface area contributed by atoms with Crippen LogP contribution in [0.3, 0.4) is 0 Å². The number of nitrogens with one attached hydrogen (secondary N) is 1. The smallest absolute Gasteiger partial charge is 0.266 e. The lowest BCUT2D eigenvalue weighted by Gasteiger charge is -2.28. The molecule has 2 aromatic heterocycles. The lowest BCUT2D eigenvalue weighted by Crippen LogP contribution is -2.35. The monoisotopic (exact) mass is 396 g/mol. The van der Waals surface area contributed by atoms with E-state index in [4.69, 9.17) is 4.74 Å². The number of hydrogen-bond donors (Lipinski definition) is 1. The molecule has 1 N–H and O–H groups in total. The van der Waals surface area contributed by atoms with Gasteiger partial charge < -0.3 is 15.0 Å². The van der Waals surface area contributed by atoms with Gasteiger partial charge in [0.15, 0.2) is 0 Å². The predicted octanol–water partition coefficient (Wildman–Crippen LogP) is 4.28. The average Bonchev–Trinajstić information content (AvgIpc) is 3.36. The van der Waals surface area contributed by atoms with E-state index in [0.29, 0.717) is 23.9 Å². The fourth-order valence-electron chi connectivity index (χ4n) is 3.32. The van der Waals surface area contributed by atoms with Crippen LogP contribution < -0.4 is 10.2 Å². The summed E-state index contributed by atoms with van der Waals surface area (Å²) in [6.45, 7) is 7.17. The number of carbonyl (C=O) groups is 1. The number of amides is 1. The zero-order valence-corrected chi connectivity index (χ0v) is 16.9. The third-order valence-electron chi connectivity index (χ3n) is 4.72. The number of aromatic nitrogens is 2. The van der Waals surface area contributed by atoms with Gasteiger partial charge in [-0.15, -0.1) is 11.3 Å². The number of thiophene rings is 1. The molecule has 0 spiro atoms. The molecule has 3 heterocycles. The van der Waals surface area contributed by atoms with Gasteiger partial charge in [0, 0.05) is 30.8 Å². The predicted molar refractivity (Wildman–Crippen MR) is 113 cm³/mol. The molecular formula is C21H24N4O2S. The summed E-state index contributed by atoms with van der Waals surface area (Å²) in [5.41, 5.74) is 2.21. The van der Waals surface area contributed by atoms with Gasteiger partial charge in [0.1, 0.15) is 5.82 Å². The zero-order valence-electron chi connectivity index (χ0n) is 16.1. The second kappa shape index (κ2) is 8.16. The standard InChI is InChI=1S/C21H24N4O2S/c1-15(2)25-19(8-9-22-25)23-20(26)18-14-17(16-6-4-3-5-7-16)21(28-18)24-10-12-27-13-11-24/h3-9,14-15H,10-13H2,1-2H3,(H,23,26). The van der Waals surface area contributed by atoms with E-state index in [-0.39, 0.29) is 11.9 Å². The fraction of sp³-hybridized carbons (Fsp3) is 0.333. The quantitative estimate of drug-likeness (QED) is 0.699. The lowest BCUT2D eigenvalue weighted by atomic mass is 10.1. The van der Waals surface area contributed by atoms with Crippen molar-refractivity contribution in [3.8, 4) is 11.1 Å². The van der Waals surface area contributed by atoms with Crippen LogP contribution in [0, 0.1) is 0 Å². The topological polar surface area (TPSA) is 59.4 Å². The molecule has 1 aliphatic rings. The first-order valence-corrected chi connectivity index (χ1v) is 10.3. The van der Waals surface area contributed by atoms with Crippen molar-refractivity contribution in [2.45, 2.75) is 19.9 Å². The summed E-state index contributed by atoms with van der Waals surface area (Å²) >= 11 is 1.53. The third-order valence-corrected chi connectivity index (χ3v) is 5.92. The Morgan fingerprint density at radius 1 is 1.18 bits per heavy atom. The highest BCUT2D eigenvalue weighted by Gasteiger charge is 2.22. The molecule has 146 valence electrons. The number of morpholine rings is 1. The summed E-state index contributed by atoms with van der Waals surface area (Å²) in [6, 6.07) is 14.2. The van der Waals surface area contributed by atoms with Gasteiger partial charge in [0.2, 0.25) is 0 Å². The number of benzene rings is 1. The Morgan fingerprint density at radius 3 is 2.64 bits per heavy atom. The Balaban J connectivity index is 1.66. The normalized spacial score (nSPS) is 14.5. The van der Waals surface area contributed by atoms with Gasteiger partial charge in [-0.2, -0.15) is 5.10 Å². The van der Waals surface area contributed by atoms with Crippen molar-refractivity contribution in [2.24, 2.45) is 0 Å². The summed E-state index contributed by atoms with van der Waals surface area (Å²) < 4.78 is 7.31. The third kappa shape index (κ3) is 3.81. The molecule has 1 saturated heterocycles. The van der Waals surface area contributed by atoms with Crippen molar-refractivity contribution >= 4 is 28.1 Å². The second-order valence-corrected chi connectivity index (χ2v) is 8.03. The molecule has 0 saturated carbocycles. The number of anilines is 2. The summed E-state index contributed by atoms with van der Waals surface area (Å²) in [5, 5.41) is 8.42. The van der Waals surface area contributed by atoms with Crippen molar-refractivity contribution in [1.29, 1.82) is 0 Å². The van der Waals surface area contributed by atoms with Crippen molar-refractivity contribution in [3.63, 3.8) is 0 Å². The molecule has 1 amide bonds. The molecule has 1 aliphatic heterocycles. The van der Waals surface area contributed by atoms with Crippen molar-refractivity contribution in [2.75, 3.05) is 36.5 Å². The fourth-order valence-corrected chi connectivity index (χ4v) is 4.45. The number of carbonyl (C=O) groups excluding carboxylic acids is 1. The van der Waals surface area contributed by atoms with Crippen molar-refractivity contribution in [3.05, 3.63) is 53.5 Å². The first-order valence-electron chi connectivity index (χ1n) is 9.50. The lowest BCUT2D eigenvalue weighted by molar-refractivity contribution is 0.102. The van der Waals surface area contributed by atoms with Gasteiger partial charge in [-0.05, 0) is 25.5 Å². The van der Waals surface area contributed by atoms with Gasteiger partial charge in [0.05, 0.1) is 29.3 Å². The molecule has 0 radical (unpaired) electrons. The van der Waals surface area contributed by atoms with E-state index in [2.05, 4.69) is 27.4 Å². The summed E-state index contributed by atoms with van der Waals surface area (Å²) in [4.78, 5) is 16.0.